The van der Waals surface area contributed by atoms with E-state index in [1.54, 1.807) is 23.0 Å². The maximum absolute atomic E-state index is 13.3. The van der Waals surface area contributed by atoms with Crippen molar-refractivity contribution in [1.29, 1.82) is 0 Å². The van der Waals surface area contributed by atoms with Gasteiger partial charge in [0.15, 0.2) is 5.82 Å². The summed E-state index contributed by atoms with van der Waals surface area (Å²) in [5.41, 5.74) is 3.21. The molecule has 128 valence electrons. The number of carbonyl (C=O) groups excluding carboxylic acids is 1. The third-order valence-corrected chi connectivity index (χ3v) is 4.10. The molecule has 1 aromatic heterocycles. The van der Waals surface area contributed by atoms with Crippen molar-refractivity contribution in [3.8, 4) is 0 Å². The highest BCUT2D eigenvalue weighted by Crippen LogP contribution is 2.22. The summed E-state index contributed by atoms with van der Waals surface area (Å²) in [7, 11) is 0. The van der Waals surface area contributed by atoms with Crippen molar-refractivity contribution in [2.45, 2.75) is 20.4 Å². The summed E-state index contributed by atoms with van der Waals surface area (Å²) < 4.78 is 14.8. The Labute approximate surface area is 150 Å². The molecule has 0 fully saturated rings. The Kier molecular flexibility index (Phi) is 4.86. The molecule has 0 saturated heterocycles. The number of aryl methyl sites for hydroxylation is 2. The zero-order valence-electron chi connectivity index (χ0n) is 13.9. The number of anilines is 1. The van der Waals surface area contributed by atoms with Gasteiger partial charge in [0.05, 0.1) is 6.54 Å². The lowest BCUT2D eigenvalue weighted by molar-refractivity contribution is 0.102. The van der Waals surface area contributed by atoms with E-state index in [2.05, 4.69) is 10.4 Å². The molecule has 2 aromatic carbocycles. The quantitative estimate of drug-likeness (QED) is 0.742. The Bertz CT molecular complexity index is 936. The van der Waals surface area contributed by atoms with E-state index in [0.717, 1.165) is 16.7 Å². The maximum atomic E-state index is 13.3. The Morgan fingerprint density at radius 1 is 1.24 bits per heavy atom. The third-order valence-electron chi connectivity index (χ3n) is 3.82. The normalized spacial score (nSPS) is 10.7. The van der Waals surface area contributed by atoms with Crippen LogP contribution < -0.4 is 5.32 Å². The second-order valence-corrected chi connectivity index (χ2v) is 6.33. The minimum Gasteiger partial charge on any atom is -0.304 e. The molecule has 0 aliphatic rings. The lowest BCUT2D eigenvalue weighted by Gasteiger charge is -2.07. The number of nitrogens with one attached hydrogen (secondary N) is 1. The molecular formula is C19H17ClFN3O. The van der Waals surface area contributed by atoms with E-state index in [4.69, 9.17) is 11.6 Å². The van der Waals surface area contributed by atoms with Gasteiger partial charge in [-0.25, -0.2) is 4.39 Å². The summed E-state index contributed by atoms with van der Waals surface area (Å²) in [6.07, 6.45) is 1.60. The molecule has 3 rings (SSSR count). The van der Waals surface area contributed by atoms with Crippen LogP contribution in [-0.4, -0.2) is 15.7 Å². The van der Waals surface area contributed by atoms with Crippen molar-refractivity contribution in [2.24, 2.45) is 0 Å². The topological polar surface area (TPSA) is 46.9 Å². The SMILES string of the molecule is Cc1ccc(C)c(C(=O)Nc2nn(Cc3cccc(F)c3)cc2Cl)c1. The van der Waals surface area contributed by atoms with Crippen molar-refractivity contribution in [3.05, 3.63) is 81.8 Å². The van der Waals surface area contributed by atoms with Crippen LogP contribution in [0.5, 0.6) is 0 Å². The fourth-order valence-corrected chi connectivity index (χ4v) is 2.74. The van der Waals surface area contributed by atoms with Gasteiger partial charge >= 0.3 is 0 Å². The van der Waals surface area contributed by atoms with Gasteiger partial charge in [0.2, 0.25) is 0 Å². The Hall–Kier alpha value is -2.66. The molecule has 3 aromatic rings. The number of rotatable bonds is 4. The summed E-state index contributed by atoms with van der Waals surface area (Å²) in [5.74, 6) is -0.290. The lowest BCUT2D eigenvalue weighted by atomic mass is 10.1. The van der Waals surface area contributed by atoms with Crippen LogP contribution in [0.25, 0.3) is 0 Å². The molecule has 25 heavy (non-hydrogen) atoms. The monoisotopic (exact) mass is 357 g/mol. The van der Waals surface area contributed by atoms with Crippen molar-refractivity contribution in [1.82, 2.24) is 9.78 Å². The second-order valence-electron chi connectivity index (χ2n) is 5.93. The predicted octanol–water partition coefficient (Wildman–Crippen LogP) is 4.59. The number of benzene rings is 2. The van der Waals surface area contributed by atoms with Crippen LogP contribution in [-0.2, 0) is 6.54 Å². The zero-order valence-corrected chi connectivity index (χ0v) is 14.6. The highest BCUT2D eigenvalue weighted by atomic mass is 35.5. The number of amides is 1. The average molecular weight is 358 g/mol. The lowest BCUT2D eigenvalue weighted by Crippen LogP contribution is -2.14. The van der Waals surface area contributed by atoms with E-state index < -0.39 is 0 Å². The number of nitrogens with zero attached hydrogens (tertiary/aromatic N) is 2. The molecule has 0 aliphatic carbocycles. The van der Waals surface area contributed by atoms with Crippen molar-refractivity contribution < 1.29 is 9.18 Å². The first-order valence-electron chi connectivity index (χ1n) is 7.78. The van der Waals surface area contributed by atoms with Crippen LogP contribution >= 0.6 is 11.6 Å². The van der Waals surface area contributed by atoms with E-state index in [1.807, 2.05) is 32.0 Å². The molecule has 0 aliphatic heterocycles. The van der Waals surface area contributed by atoms with Gasteiger partial charge in [-0.2, -0.15) is 5.10 Å². The number of hydrogen-bond donors (Lipinski definition) is 1. The smallest absolute Gasteiger partial charge is 0.257 e. The standard InChI is InChI=1S/C19H17ClFN3O/c1-12-6-7-13(2)16(8-12)19(25)22-18-17(20)11-24(23-18)10-14-4-3-5-15(21)9-14/h3-9,11H,10H2,1-2H3,(H,22,23,25). The molecular weight excluding hydrogens is 341 g/mol. The Morgan fingerprint density at radius 3 is 2.80 bits per heavy atom. The molecule has 0 spiro atoms. The third kappa shape index (κ3) is 4.06. The summed E-state index contributed by atoms with van der Waals surface area (Å²) >= 11 is 6.17. The molecule has 1 N–H and O–H groups in total. The number of aromatic nitrogens is 2. The van der Waals surface area contributed by atoms with Gasteiger partial charge < -0.3 is 5.32 Å². The van der Waals surface area contributed by atoms with E-state index >= 15 is 0 Å². The van der Waals surface area contributed by atoms with Gasteiger partial charge in [0.25, 0.3) is 5.91 Å². The Morgan fingerprint density at radius 2 is 2.04 bits per heavy atom. The molecule has 0 unspecified atom stereocenters. The van der Waals surface area contributed by atoms with Gasteiger partial charge in [0.1, 0.15) is 10.8 Å². The molecule has 1 heterocycles. The van der Waals surface area contributed by atoms with E-state index in [0.29, 0.717) is 17.1 Å². The molecule has 0 radical (unpaired) electrons. The number of carbonyl (C=O) groups is 1. The van der Waals surface area contributed by atoms with Crippen LogP contribution in [0.2, 0.25) is 5.02 Å². The molecule has 1 amide bonds. The maximum Gasteiger partial charge on any atom is 0.257 e. The molecule has 0 atom stereocenters. The Balaban J connectivity index is 1.78. The summed E-state index contributed by atoms with van der Waals surface area (Å²) in [4.78, 5) is 12.5. The van der Waals surface area contributed by atoms with Gasteiger partial charge in [0, 0.05) is 11.8 Å². The van der Waals surface area contributed by atoms with Crippen LogP contribution in [0.4, 0.5) is 10.2 Å². The summed E-state index contributed by atoms with van der Waals surface area (Å²) in [5, 5.41) is 7.35. The highest BCUT2D eigenvalue weighted by molar-refractivity contribution is 6.33. The summed E-state index contributed by atoms with van der Waals surface area (Å²) in [6, 6.07) is 11.9. The van der Waals surface area contributed by atoms with Crippen LogP contribution in [0.15, 0.2) is 48.7 Å². The first kappa shape index (κ1) is 17.2. The first-order valence-corrected chi connectivity index (χ1v) is 8.16. The van der Waals surface area contributed by atoms with Crippen molar-refractivity contribution in [3.63, 3.8) is 0 Å². The fourth-order valence-electron chi connectivity index (χ4n) is 2.54. The fraction of sp³-hybridized carbons (Fsp3) is 0.158. The molecule has 6 heteroatoms. The van der Waals surface area contributed by atoms with E-state index in [-0.39, 0.29) is 17.5 Å². The van der Waals surface area contributed by atoms with E-state index in [9.17, 15) is 9.18 Å². The zero-order chi connectivity index (χ0) is 18.0. The minimum absolute atomic E-state index is 0.265. The van der Waals surface area contributed by atoms with Crippen LogP contribution in [0.3, 0.4) is 0 Å². The van der Waals surface area contributed by atoms with Gasteiger partial charge in [-0.15, -0.1) is 0 Å². The molecule has 0 bridgehead atoms. The minimum atomic E-state index is -0.306. The first-order chi connectivity index (χ1) is 11.9. The second kappa shape index (κ2) is 7.07. The van der Waals surface area contributed by atoms with Crippen molar-refractivity contribution in [2.75, 3.05) is 5.32 Å². The van der Waals surface area contributed by atoms with Crippen LogP contribution in [0, 0.1) is 19.7 Å². The van der Waals surface area contributed by atoms with Gasteiger partial charge in [-0.3, -0.25) is 9.48 Å². The highest BCUT2D eigenvalue weighted by Gasteiger charge is 2.14. The van der Waals surface area contributed by atoms with Crippen molar-refractivity contribution >= 4 is 23.3 Å². The summed E-state index contributed by atoms with van der Waals surface area (Å²) in [6.45, 7) is 4.16. The molecule has 4 nitrogen and oxygen atoms in total. The van der Waals surface area contributed by atoms with Gasteiger partial charge in [-0.05, 0) is 43.2 Å². The number of hydrogen-bond acceptors (Lipinski definition) is 2. The van der Waals surface area contributed by atoms with Crippen LogP contribution in [0.1, 0.15) is 27.0 Å². The largest absolute Gasteiger partial charge is 0.304 e. The molecule has 0 saturated carbocycles. The van der Waals surface area contributed by atoms with E-state index in [1.165, 1.54) is 12.1 Å². The predicted molar refractivity (Wildman–Crippen MR) is 96.6 cm³/mol. The number of halogens is 2. The average Bonchev–Trinajstić information content (AvgIpc) is 2.89. The van der Waals surface area contributed by atoms with Gasteiger partial charge in [-0.1, -0.05) is 41.4 Å².